The van der Waals surface area contributed by atoms with Gasteiger partial charge in [-0.1, -0.05) is 32.8 Å². The lowest BCUT2D eigenvalue weighted by Gasteiger charge is -2.29. The Morgan fingerprint density at radius 2 is 2.00 bits per heavy atom. The van der Waals surface area contributed by atoms with Gasteiger partial charge in [0.1, 0.15) is 11.4 Å². The zero-order valence-corrected chi connectivity index (χ0v) is 15.9. The van der Waals surface area contributed by atoms with Crippen LogP contribution in [0.15, 0.2) is 24.3 Å². The van der Waals surface area contributed by atoms with E-state index in [4.69, 9.17) is 9.84 Å². The standard InChI is InChI=1S/C21H27N3O2/c1-14(2)19-18-11-12-23(16-9-6-10-17(13-16)26-3)21(25)20(18)24(22-19)15-7-4-5-8-15/h6,9-10,13-15H,4-5,7-8,11-12H2,1-3H3. The fourth-order valence-electron chi connectivity index (χ4n) is 4.31. The van der Waals surface area contributed by atoms with Crippen molar-refractivity contribution in [2.75, 3.05) is 18.6 Å². The first kappa shape index (κ1) is 17.1. The average molecular weight is 353 g/mol. The molecular weight excluding hydrogens is 326 g/mol. The van der Waals surface area contributed by atoms with Gasteiger partial charge in [0.05, 0.1) is 18.8 Å². The Hall–Kier alpha value is -2.30. The summed E-state index contributed by atoms with van der Waals surface area (Å²) in [6, 6.07) is 8.12. The molecule has 4 rings (SSSR count). The number of hydrogen-bond acceptors (Lipinski definition) is 3. The predicted molar refractivity (Wildman–Crippen MR) is 102 cm³/mol. The molecule has 0 atom stereocenters. The van der Waals surface area contributed by atoms with Crippen molar-refractivity contribution in [3.63, 3.8) is 0 Å². The van der Waals surface area contributed by atoms with E-state index in [0.29, 0.717) is 18.5 Å². The minimum absolute atomic E-state index is 0.0748. The summed E-state index contributed by atoms with van der Waals surface area (Å²) < 4.78 is 7.40. The van der Waals surface area contributed by atoms with Crippen LogP contribution < -0.4 is 9.64 Å². The lowest BCUT2D eigenvalue weighted by Crippen LogP contribution is -2.39. The first-order chi connectivity index (χ1) is 12.6. The van der Waals surface area contributed by atoms with E-state index in [1.165, 1.54) is 12.8 Å². The minimum Gasteiger partial charge on any atom is -0.497 e. The molecule has 5 nitrogen and oxygen atoms in total. The number of ether oxygens (including phenoxy) is 1. The van der Waals surface area contributed by atoms with E-state index in [1.54, 1.807) is 7.11 Å². The number of benzene rings is 1. The van der Waals surface area contributed by atoms with Gasteiger partial charge in [-0.05, 0) is 37.3 Å². The third kappa shape index (κ3) is 2.79. The lowest BCUT2D eigenvalue weighted by molar-refractivity contribution is 0.0967. The molecule has 138 valence electrons. The van der Waals surface area contributed by atoms with Crippen LogP contribution >= 0.6 is 0 Å². The molecule has 0 N–H and O–H groups in total. The Morgan fingerprint density at radius 3 is 2.69 bits per heavy atom. The number of fused-ring (bicyclic) bond motifs is 1. The van der Waals surface area contributed by atoms with Gasteiger partial charge in [-0.15, -0.1) is 0 Å². The summed E-state index contributed by atoms with van der Waals surface area (Å²) in [4.78, 5) is 15.3. The van der Waals surface area contributed by atoms with Crippen molar-refractivity contribution in [3.05, 3.63) is 41.2 Å². The molecule has 0 saturated heterocycles. The molecule has 2 aliphatic rings. The fraction of sp³-hybridized carbons (Fsp3) is 0.524. The highest BCUT2D eigenvalue weighted by molar-refractivity contribution is 6.07. The maximum Gasteiger partial charge on any atom is 0.276 e. The molecule has 5 heteroatoms. The Labute approximate surface area is 154 Å². The number of nitrogens with zero attached hydrogens (tertiary/aromatic N) is 3. The average Bonchev–Trinajstić information content (AvgIpc) is 3.29. The molecule has 1 fully saturated rings. The van der Waals surface area contributed by atoms with E-state index in [1.807, 2.05) is 29.2 Å². The van der Waals surface area contributed by atoms with Crippen LogP contribution in [-0.4, -0.2) is 29.3 Å². The van der Waals surface area contributed by atoms with Gasteiger partial charge in [-0.25, -0.2) is 0 Å². The van der Waals surface area contributed by atoms with Gasteiger partial charge in [-0.3, -0.25) is 9.48 Å². The number of methoxy groups -OCH3 is 1. The third-order valence-corrected chi connectivity index (χ3v) is 5.66. The van der Waals surface area contributed by atoms with Crippen molar-refractivity contribution in [1.82, 2.24) is 9.78 Å². The van der Waals surface area contributed by atoms with Crippen LogP contribution in [0.25, 0.3) is 0 Å². The second kappa shape index (κ2) is 6.78. The van der Waals surface area contributed by atoms with E-state index in [9.17, 15) is 4.79 Å². The van der Waals surface area contributed by atoms with Crippen LogP contribution in [0, 0.1) is 0 Å². The molecule has 1 aliphatic heterocycles. The van der Waals surface area contributed by atoms with Crippen molar-refractivity contribution in [2.45, 2.75) is 57.9 Å². The number of amides is 1. The van der Waals surface area contributed by atoms with Crippen molar-refractivity contribution in [1.29, 1.82) is 0 Å². The summed E-state index contributed by atoms with van der Waals surface area (Å²) in [5, 5.41) is 4.93. The number of hydrogen-bond donors (Lipinski definition) is 0. The largest absolute Gasteiger partial charge is 0.497 e. The Morgan fingerprint density at radius 1 is 1.23 bits per heavy atom. The quantitative estimate of drug-likeness (QED) is 0.822. The van der Waals surface area contributed by atoms with Gasteiger partial charge in [0, 0.05) is 23.9 Å². The molecule has 1 saturated carbocycles. The Bertz CT molecular complexity index is 819. The van der Waals surface area contributed by atoms with Crippen LogP contribution in [0.4, 0.5) is 5.69 Å². The van der Waals surface area contributed by atoms with Crippen LogP contribution in [0.1, 0.15) is 73.2 Å². The molecular formula is C21H27N3O2. The number of rotatable bonds is 4. The van der Waals surface area contributed by atoms with Crippen LogP contribution in [-0.2, 0) is 6.42 Å². The number of carbonyl (C=O) groups excluding carboxylic acids is 1. The van der Waals surface area contributed by atoms with Crippen molar-refractivity contribution in [2.24, 2.45) is 0 Å². The molecule has 0 radical (unpaired) electrons. The molecule has 0 bridgehead atoms. The molecule has 2 heterocycles. The summed E-state index contributed by atoms with van der Waals surface area (Å²) in [7, 11) is 1.65. The topological polar surface area (TPSA) is 47.4 Å². The Kier molecular flexibility index (Phi) is 4.47. The molecule has 2 aromatic rings. The van der Waals surface area contributed by atoms with Gasteiger partial charge in [0.2, 0.25) is 0 Å². The van der Waals surface area contributed by atoms with Gasteiger partial charge >= 0.3 is 0 Å². The smallest absolute Gasteiger partial charge is 0.276 e. The van der Waals surface area contributed by atoms with Crippen molar-refractivity contribution < 1.29 is 9.53 Å². The number of anilines is 1. The summed E-state index contributed by atoms with van der Waals surface area (Å²) in [6.07, 6.45) is 5.56. The van der Waals surface area contributed by atoms with Crippen LogP contribution in [0.5, 0.6) is 5.75 Å². The first-order valence-corrected chi connectivity index (χ1v) is 9.67. The maximum atomic E-state index is 13.5. The minimum atomic E-state index is 0.0748. The highest BCUT2D eigenvalue weighted by Crippen LogP contribution is 2.36. The number of carbonyl (C=O) groups is 1. The van der Waals surface area contributed by atoms with E-state index < -0.39 is 0 Å². The number of aromatic nitrogens is 2. The second-order valence-corrected chi connectivity index (χ2v) is 7.66. The summed E-state index contributed by atoms with van der Waals surface area (Å²) in [5.74, 6) is 1.18. The highest BCUT2D eigenvalue weighted by Gasteiger charge is 2.35. The molecule has 1 aromatic heterocycles. The zero-order chi connectivity index (χ0) is 18.3. The van der Waals surface area contributed by atoms with Crippen molar-refractivity contribution >= 4 is 11.6 Å². The second-order valence-electron chi connectivity index (χ2n) is 7.66. The van der Waals surface area contributed by atoms with E-state index in [2.05, 4.69) is 18.5 Å². The molecule has 0 unspecified atom stereocenters. The normalized spacial score (nSPS) is 17.8. The molecule has 26 heavy (non-hydrogen) atoms. The summed E-state index contributed by atoms with van der Waals surface area (Å²) >= 11 is 0. The van der Waals surface area contributed by atoms with E-state index >= 15 is 0 Å². The van der Waals surface area contributed by atoms with Gasteiger partial charge in [0.25, 0.3) is 5.91 Å². The SMILES string of the molecule is COc1cccc(N2CCc3c(C(C)C)nn(C4CCCC4)c3C2=O)c1. The molecule has 1 amide bonds. The van der Waals surface area contributed by atoms with E-state index in [0.717, 1.165) is 47.7 Å². The third-order valence-electron chi connectivity index (χ3n) is 5.66. The van der Waals surface area contributed by atoms with Crippen LogP contribution in [0.2, 0.25) is 0 Å². The van der Waals surface area contributed by atoms with Crippen molar-refractivity contribution in [3.8, 4) is 5.75 Å². The molecule has 0 spiro atoms. The van der Waals surface area contributed by atoms with Gasteiger partial charge < -0.3 is 9.64 Å². The maximum absolute atomic E-state index is 13.5. The van der Waals surface area contributed by atoms with Crippen LogP contribution in [0.3, 0.4) is 0 Å². The summed E-state index contributed by atoms with van der Waals surface area (Å²) in [6.45, 7) is 5.02. The van der Waals surface area contributed by atoms with Gasteiger partial charge in [-0.2, -0.15) is 5.10 Å². The monoisotopic (exact) mass is 353 g/mol. The molecule has 1 aliphatic carbocycles. The first-order valence-electron chi connectivity index (χ1n) is 9.67. The zero-order valence-electron chi connectivity index (χ0n) is 15.9. The summed E-state index contributed by atoms with van der Waals surface area (Å²) in [5.41, 5.74) is 3.97. The lowest BCUT2D eigenvalue weighted by atomic mass is 9.97. The predicted octanol–water partition coefficient (Wildman–Crippen LogP) is 4.33. The Balaban J connectivity index is 1.77. The fourth-order valence-corrected chi connectivity index (χ4v) is 4.31. The van der Waals surface area contributed by atoms with E-state index in [-0.39, 0.29) is 5.91 Å². The van der Waals surface area contributed by atoms with Gasteiger partial charge in [0.15, 0.2) is 0 Å². The highest BCUT2D eigenvalue weighted by atomic mass is 16.5. The molecule has 1 aromatic carbocycles.